The first-order valence-corrected chi connectivity index (χ1v) is 6.99. The molecule has 1 rings (SSSR count). The van der Waals surface area contributed by atoms with Crippen LogP contribution >= 0.6 is 11.6 Å². The molecule has 0 radical (unpaired) electrons. The van der Waals surface area contributed by atoms with Gasteiger partial charge in [-0.1, -0.05) is 32.3 Å². The Bertz CT molecular complexity index is 352. The lowest BCUT2D eigenvalue weighted by molar-refractivity contribution is 0.354. The molecule has 0 fully saturated rings. The van der Waals surface area contributed by atoms with Gasteiger partial charge in [-0.2, -0.15) is 0 Å². The molecule has 0 saturated heterocycles. The lowest BCUT2D eigenvalue weighted by atomic mass is 10.0. The molecule has 0 aliphatic heterocycles. The number of hydrogen-bond acceptors (Lipinski definition) is 2. The lowest BCUT2D eigenvalue weighted by Gasteiger charge is -2.12. The second kappa shape index (κ2) is 8.25. The number of benzene rings is 1. The van der Waals surface area contributed by atoms with E-state index in [1.807, 2.05) is 12.1 Å². The SMILES string of the molecule is CCCCCC(Cl)Cc1ccc(OC)c(OC)c1. The van der Waals surface area contributed by atoms with Crippen molar-refractivity contribution < 1.29 is 9.47 Å². The van der Waals surface area contributed by atoms with E-state index in [0.29, 0.717) is 0 Å². The molecular formula is C15H23ClO2. The van der Waals surface area contributed by atoms with Crippen LogP contribution in [0.1, 0.15) is 38.2 Å². The summed E-state index contributed by atoms with van der Waals surface area (Å²) in [6.45, 7) is 2.21. The first kappa shape index (κ1) is 15.2. The fraction of sp³-hybridized carbons (Fsp3) is 0.600. The van der Waals surface area contributed by atoms with Gasteiger partial charge in [-0.05, 0) is 30.5 Å². The maximum Gasteiger partial charge on any atom is 0.160 e. The predicted molar refractivity (Wildman–Crippen MR) is 77.0 cm³/mol. The molecular weight excluding hydrogens is 248 g/mol. The first-order chi connectivity index (χ1) is 8.71. The van der Waals surface area contributed by atoms with Crippen molar-refractivity contribution in [1.29, 1.82) is 0 Å². The van der Waals surface area contributed by atoms with Gasteiger partial charge in [-0.25, -0.2) is 0 Å². The minimum Gasteiger partial charge on any atom is -0.493 e. The Balaban J connectivity index is 2.56. The maximum absolute atomic E-state index is 6.35. The van der Waals surface area contributed by atoms with Crippen LogP contribution in [0.3, 0.4) is 0 Å². The summed E-state index contributed by atoms with van der Waals surface area (Å²) in [5.74, 6) is 1.53. The standard InChI is InChI=1S/C15H23ClO2/c1-4-5-6-7-13(16)10-12-8-9-14(17-2)15(11-12)18-3/h8-9,11,13H,4-7,10H2,1-3H3. The van der Waals surface area contributed by atoms with Gasteiger partial charge >= 0.3 is 0 Å². The van der Waals surface area contributed by atoms with Crippen LogP contribution in [0.4, 0.5) is 0 Å². The Morgan fingerprint density at radius 3 is 2.44 bits per heavy atom. The third-order valence-corrected chi connectivity index (χ3v) is 3.40. The summed E-state index contributed by atoms with van der Waals surface area (Å²) in [5.41, 5.74) is 1.20. The average Bonchev–Trinajstić information content (AvgIpc) is 2.39. The normalized spacial score (nSPS) is 12.2. The number of hydrogen-bond donors (Lipinski definition) is 0. The Morgan fingerprint density at radius 1 is 1.11 bits per heavy atom. The van der Waals surface area contributed by atoms with E-state index in [-0.39, 0.29) is 5.38 Å². The number of ether oxygens (including phenoxy) is 2. The summed E-state index contributed by atoms with van der Waals surface area (Å²) in [7, 11) is 3.30. The highest BCUT2D eigenvalue weighted by molar-refractivity contribution is 6.20. The molecule has 1 aromatic carbocycles. The molecule has 0 heterocycles. The van der Waals surface area contributed by atoms with Crippen LogP contribution in [0.2, 0.25) is 0 Å². The summed E-state index contributed by atoms with van der Waals surface area (Å²) in [6.07, 6.45) is 5.66. The van der Waals surface area contributed by atoms with E-state index in [4.69, 9.17) is 21.1 Å². The summed E-state index contributed by atoms with van der Waals surface area (Å²) in [6, 6.07) is 5.99. The van der Waals surface area contributed by atoms with Gasteiger partial charge in [0.25, 0.3) is 0 Å². The zero-order chi connectivity index (χ0) is 13.4. The van der Waals surface area contributed by atoms with Crippen LogP contribution in [0.5, 0.6) is 11.5 Å². The number of halogens is 1. The number of unbranched alkanes of at least 4 members (excludes halogenated alkanes) is 2. The molecule has 0 amide bonds. The van der Waals surface area contributed by atoms with Crippen molar-refractivity contribution in [2.45, 2.75) is 44.4 Å². The fourth-order valence-corrected chi connectivity index (χ4v) is 2.31. The summed E-state index contributed by atoms with van der Waals surface area (Å²) in [4.78, 5) is 0. The molecule has 102 valence electrons. The monoisotopic (exact) mass is 270 g/mol. The van der Waals surface area contributed by atoms with E-state index in [9.17, 15) is 0 Å². The van der Waals surface area contributed by atoms with Crippen molar-refractivity contribution in [2.75, 3.05) is 14.2 Å². The molecule has 2 nitrogen and oxygen atoms in total. The van der Waals surface area contributed by atoms with Crippen molar-refractivity contribution in [3.63, 3.8) is 0 Å². The quantitative estimate of drug-likeness (QED) is 0.514. The molecule has 0 saturated carbocycles. The van der Waals surface area contributed by atoms with Gasteiger partial charge in [-0.3, -0.25) is 0 Å². The van der Waals surface area contributed by atoms with Crippen LogP contribution in [0, 0.1) is 0 Å². The van der Waals surface area contributed by atoms with Crippen molar-refractivity contribution in [3.8, 4) is 11.5 Å². The lowest BCUT2D eigenvalue weighted by Crippen LogP contribution is -2.04. The van der Waals surface area contributed by atoms with Crippen LogP contribution in [-0.4, -0.2) is 19.6 Å². The minimum atomic E-state index is 0.203. The van der Waals surface area contributed by atoms with Gasteiger partial charge in [0.2, 0.25) is 0 Å². The Hall–Kier alpha value is -0.890. The van der Waals surface area contributed by atoms with Gasteiger partial charge in [-0.15, -0.1) is 11.6 Å². The first-order valence-electron chi connectivity index (χ1n) is 6.56. The summed E-state index contributed by atoms with van der Waals surface area (Å²) >= 11 is 6.35. The Labute approximate surface area is 115 Å². The molecule has 0 aliphatic rings. The highest BCUT2D eigenvalue weighted by Gasteiger charge is 2.09. The van der Waals surface area contributed by atoms with E-state index < -0.39 is 0 Å². The Morgan fingerprint density at radius 2 is 1.83 bits per heavy atom. The zero-order valence-electron chi connectivity index (χ0n) is 11.5. The topological polar surface area (TPSA) is 18.5 Å². The van der Waals surface area contributed by atoms with Crippen molar-refractivity contribution in [3.05, 3.63) is 23.8 Å². The largest absolute Gasteiger partial charge is 0.493 e. The van der Waals surface area contributed by atoms with E-state index in [0.717, 1.165) is 24.3 Å². The van der Waals surface area contributed by atoms with Crippen molar-refractivity contribution in [1.82, 2.24) is 0 Å². The molecule has 0 aliphatic carbocycles. The second-order valence-corrected chi connectivity index (χ2v) is 5.10. The van der Waals surface area contributed by atoms with Gasteiger partial charge < -0.3 is 9.47 Å². The van der Waals surface area contributed by atoms with Crippen LogP contribution in [0.25, 0.3) is 0 Å². The van der Waals surface area contributed by atoms with E-state index >= 15 is 0 Å². The van der Waals surface area contributed by atoms with Gasteiger partial charge in [0.05, 0.1) is 14.2 Å². The predicted octanol–water partition coefficient (Wildman–Crippen LogP) is 4.43. The fourth-order valence-electron chi connectivity index (χ4n) is 1.98. The maximum atomic E-state index is 6.35. The Kier molecular flexibility index (Phi) is 6.96. The zero-order valence-corrected chi connectivity index (χ0v) is 12.3. The highest BCUT2D eigenvalue weighted by atomic mass is 35.5. The molecule has 0 N–H and O–H groups in total. The van der Waals surface area contributed by atoms with E-state index in [1.165, 1.54) is 24.8 Å². The van der Waals surface area contributed by atoms with Crippen molar-refractivity contribution >= 4 is 11.6 Å². The van der Waals surface area contributed by atoms with Crippen molar-refractivity contribution in [2.24, 2.45) is 0 Å². The molecule has 1 aromatic rings. The van der Waals surface area contributed by atoms with Crippen LogP contribution in [-0.2, 0) is 6.42 Å². The molecule has 3 heteroatoms. The van der Waals surface area contributed by atoms with Gasteiger partial charge in [0, 0.05) is 5.38 Å². The summed E-state index contributed by atoms with van der Waals surface area (Å²) < 4.78 is 10.5. The smallest absolute Gasteiger partial charge is 0.160 e. The average molecular weight is 271 g/mol. The second-order valence-electron chi connectivity index (χ2n) is 4.49. The minimum absolute atomic E-state index is 0.203. The van der Waals surface area contributed by atoms with E-state index in [2.05, 4.69) is 13.0 Å². The van der Waals surface area contributed by atoms with Crippen LogP contribution < -0.4 is 9.47 Å². The summed E-state index contributed by atoms with van der Waals surface area (Å²) in [5, 5.41) is 0.203. The number of methoxy groups -OCH3 is 2. The van der Waals surface area contributed by atoms with E-state index in [1.54, 1.807) is 14.2 Å². The third-order valence-electron chi connectivity index (χ3n) is 3.03. The molecule has 0 aromatic heterocycles. The highest BCUT2D eigenvalue weighted by Crippen LogP contribution is 2.28. The number of rotatable bonds is 8. The molecule has 1 atom stereocenters. The number of alkyl halides is 1. The molecule has 0 bridgehead atoms. The van der Waals surface area contributed by atoms with Gasteiger partial charge in [0.1, 0.15) is 0 Å². The molecule has 18 heavy (non-hydrogen) atoms. The molecule has 0 spiro atoms. The third kappa shape index (κ3) is 4.77. The van der Waals surface area contributed by atoms with Gasteiger partial charge in [0.15, 0.2) is 11.5 Å². The van der Waals surface area contributed by atoms with Crippen LogP contribution in [0.15, 0.2) is 18.2 Å². The molecule has 1 unspecified atom stereocenters.